The van der Waals surface area contributed by atoms with Gasteiger partial charge in [-0.15, -0.1) is 0 Å². The van der Waals surface area contributed by atoms with Gasteiger partial charge in [-0.1, -0.05) is 0 Å². The Balaban J connectivity index is 2.26. The molecule has 0 aromatic carbocycles. The molecule has 0 bridgehead atoms. The van der Waals surface area contributed by atoms with Gasteiger partial charge in [0.15, 0.2) is 0 Å². The van der Waals surface area contributed by atoms with Crippen LogP contribution in [0.4, 0.5) is 0 Å². The maximum absolute atomic E-state index is 2.73. The summed E-state index contributed by atoms with van der Waals surface area (Å²) in [6.45, 7) is 5.19. The molecule has 0 aromatic heterocycles. The monoisotopic (exact) mass is 269 g/mol. The molecule has 0 N–H and O–H groups in total. The van der Waals surface area contributed by atoms with E-state index in [4.69, 9.17) is 0 Å². The van der Waals surface area contributed by atoms with E-state index in [0.29, 0.717) is 0 Å². The van der Waals surface area contributed by atoms with Crippen molar-refractivity contribution >= 4 is 16.5 Å². The zero-order valence-electron chi connectivity index (χ0n) is 10.9. The molecule has 0 radical (unpaired) electrons. The van der Waals surface area contributed by atoms with Crippen LogP contribution in [0.25, 0.3) is 0 Å². The van der Waals surface area contributed by atoms with Crippen LogP contribution in [0.2, 0.25) is 9.95 Å². The molecule has 0 aliphatic carbocycles. The molecule has 0 saturated carbocycles. The second-order valence-electron chi connectivity index (χ2n) is 5.17. The van der Waals surface area contributed by atoms with Gasteiger partial charge in [0.1, 0.15) is 0 Å². The Kier molecular flexibility index (Phi) is 6.30. The normalized spacial score (nSPS) is 21.0. The molecule has 1 saturated heterocycles. The van der Waals surface area contributed by atoms with Crippen LogP contribution in [0.1, 0.15) is 6.42 Å². The molecule has 0 unspecified atom stereocenters. The summed E-state index contributed by atoms with van der Waals surface area (Å²) in [4.78, 5) is 7.86. The number of hydrogen-bond acceptors (Lipinski definition) is 3. The summed E-state index contributed by atoms with van der Waals surface area (Å²) in [5.74, 6) is 0. The Bertz CT molecular complexity index is 175. The Morgan fingerprint density at radius 3 is 2.53 bits per heavy atom. The molecule has 88 valence electrons. The fourth-order valence-corrected chi connectivity index (χ4v) is 8.61. The van der Waals surface area contributed by atoms with Gasteiger partial charge in [0.05, 0.1) is 0 Å². The molecule has 1 aliphatic rings. The van der Waals surface area contributed by atoms with Crippen molar-refractivity contribution in [2.24, 2.45) is 0 Å². The summed E-state index contributed by atoms with van der Waals surface area (Å²) in [7, 11) is 8.98. The van der Waals surface area contributed by atoms with Crippen molar-refractivity contribution in [2.45, 2.75) is 16.4 Å². The van der Waals surface area contributed by atoms with Crippen LogP contribution in [0.5, 0.6) is 0 Å². The van der Waals surface area contributed by atoms with Crippen LogP contribution in [0, 0.1) is 0 Å². The third-order valence-electron chi connectivity index (χ3n) is 3.44. The molecule has 1 heterocycles. The van der Waals surface area contributed by atoms with Crippen LogP contribution in [-0.2, 0) is 0 Å². The molecular formula is C11H26GaN3. The van der Waals surface area contributed by atoms with Crippen molar-refractivity contribution < 1.29 is 0 Å². The molecule has 1 rings (SSSR count). The number of nitrogens with zero attached hydrogens (tertiary/aromatic N) is 3. The first-order chi connectivity index (χ1) is 7.09. The first kappa shape index (κ1) is 13.6. The van der Waals surface area contributed by atoms with Crippen LogP contribution in [0.15, 0.2) is 0 Å². The average Bonchev–Trinajstić information content (AvgIpc) is 2.32. The average molecular weight is 270 g/mol. The second kappa shape index (κ2) is 6.96. The van der Waals surface area contributed by atoms with E-state index in [9.17, 15) is 0 Å². The molecule has 0 atom stereocenters. The SMILES string of the molecule is CN(C)CC[CH2][Ga]1[CH2]CN(C)CC[N]1C. The first-order valence-electron chi connectivity index (χ1n) is 6.13. The van der Waals surface area contributed by atoms with Gasteiger partial charge in [0.2, 0.25) is 0 Å². The van der Waals surface area contributed by atoms with Crippen molar-refractivity contribution in [1.29, 1.82) is 0 Å². The van der Waals surface area contributed by atoms with Gasteiger partial charge in [-0.05, 0) is 0 Å². The van der Waals surface area contributed by atoms with Gasteiger partial charge >= 0.3 is 101 Å². The number of rotatable bonds is 4. The van der Waals surface area contributed by atoms with E-state index in [1.807, 2.05) is 0 Å². The van der Waals surface area contributed by atoms with Crippen molar-refractivity contribution in [3.05, 3.63) is 0 Å². The van der Waals surface area contributed by atoms with E-state index in [2.05, 4.69) is 41.6 Å². The summed E-state index contributed by atoms with van der Waals surface area (Å²) in [6, 6.07) is 0. The Labute approximate surface area is 101 Å². The second-order valence-corrected chi connectivity index (χ2v) is 12.2. The zero-order valence-corrected chi connectivity index (χ0v) is 13.3. The maximum atomic E-state index is 2.73. The van der Waals surface area contributed by atoms with Gasteiger partial charge in [0, 0.05) is 0 Å². The van der Waals surface area contributed by atoms with E-state index in [-0.39, 0.29) is 0 Å². The molecule has 15 heavy (non-hydrogen) atoms. The van der Waals surface area contributed by atoms with Gasteiger partial charge in [-0.3, -0.25) is 0 Å². The molecule has 0 spiro atoms. The zero-order chi connectivity index (χ0) is 11.3. The van der Waals surface area contributed by atoms with Gasteiger partial charge < -0.3 is 0 Å². The van der Waals surface area contributed by atoms with E-state index < -0.39 is 16.5 Å². The van der Waals surface area contributed by atoms with Crippen LogP contribution in [-0.4, -0.2) is 84.2 Å². The fourth-order valence-electron chi connectivity index (χ4n) is 2.22. The molecule has 1 aliphatic heterocycles. The number of likely N-dealkylation sites (N-methyl/N-ethyl adjacent to an activating group) is 2. The van der Waals surface area contributed by atoms with E-state index >= 15 is 0 Å². The topological polar surface area (TPSA) is 9.72 Å². The first-order valence-corrected chi connectivity index (χ1v) is 10.6. The predicted octanol–water partition coefficient (Wildman–Crippen LogP) is 0.807. The van der Waals surface area contributed by atoms with E-state index in [1.54, 1.807) is 0 Å². The van der Waals surface area contributed by atoms with E-state index in [1.165, 1.54) is 42.6 Å². The molecular weight excluding hydrogens is 244 g/mol. The summed E-state index contributed by atoms with van der Waals surface area (Å²) in [6.07, 6.45) is 1.41. The minimum absolute atomic E-state index is 1.09. The quantitative estimate of drug-likeness (QED) is 0.700. The van der Waals surface area contributed by atoms with Crippen molar-refractivity contribution in [3.63, 3.8) is 0 Å². The Morgan fingerprint density at radius 2 is 1.87 bits per heavy atom. The fraction of sp³-hybridized carbons (Fsp3) is 1.00. The van der Waals surface area contributed by atoms with Crippen molar-refractivity contribution in [1.82, 2.24) is 13.4 Å². The van der Waals surface area contributed by atoms with Crippen molar-refractivity contribution in [3.8, 4) is 0 Å². The Hall–Kier alpha value is 0.516. The molecule has 1 fully saturated rings. The van der Waals surface area contributed by atoms with Crippen LogP contribution < -0.4 is 0 Å². The number of hydrogen-bond donors (Lipinski definition) is 0. The minimum atomic E-state index is -1.09. The summed E-state index contributed by atoms with van der Waals surface area (Å²) in [5.41, 5.74) is 0. The van der Waals surface area contributed by atoms with Gasteiger partial charge in [0.25, 0.3) is 0 Å². The molecule has 4 heteroatoms. The molecule has 0 aromatic rings. The summed E-state index contributed by atoms with van der Waals surface area (Å²) >= 11 is -1.09. The third-order valence-corrected chi connectivity index (χ3v) is 10.8. The van der Waals surface area contributed by atoms with Crippen LogP contribution >= 0.6 is 0 Å². The summed E-state index contributed by atoms with van der Waals surface area (Å²) < 4.78 is 2.73. The standard InChI is InChI=1S/C6H14N2.C5H12N.Ga/c1-4-8(3)6-5-7-2;1-4-5-6(2)3;/h1,4-6H2,2-3H3;1,4-5H2,2-3H3;/q-1;;+1. The van der Waals surface area contributed by atoms with Gasteiger partial charge in [-0.25, -0.2) is 0 Å². The predicted molar refractivity (Wildman–Crippen MR) is 68.7 cm³/mol. The van der Waals surface area contributed by atoms with Crippen LogP contribution in [0.3, 0.4) is 0 Å². The van der Waals surface area contributed by atoms with Crippen molar-refractivity contribution in [2.75, 3.05) is 54.4 Å². The van der Waals surface area contributed by atoms with E-state index in [0.717, 1.165) is 0 Å². The molecule has 0 amide bonds. The molecule has 3 nitrogen and oxygen atoms in total. The Morgan fingerprint density at radius 1 is 1.13 bits per heavy atom. The third kappa shape index (κ3) is 5.40. The van der Waals surface area contributed by atoms with Gasteiger partial charge in [-0.2, -0.15) is 0 Å². The summed E-state index contributed by atoms with van der Waals surface area (Å²) in [5, 5.41) is 0.